The number of hydrogen-bond donors (Lipinski definition) is 2. The lowest BCUT2D eigenvalue weighted by atomic mass is 10.1. The normalized spacial score (nSPS) is 15.6. The van der Waals surface area contributed by atoms with Crippen LogP contribution in [0, 0.1) is 11.3 Å². The molecule has 0 aromatic heterocycles. The van der Waals surface area contributed by atoms with E-state index in [0.29, 0.717) is 30.2 Å². The molecule has 0 saturated carbocycles. The van der Waals surface area contributed by atoms with Gasteiger partial charge in [0.15, 0.2) is 11.5 Å². The van der Waals surface area contributed by atoms with Crippen molar-refractivity contribution >= 4 is 18.0 Å². The van der Waals surface area contributed by atoms with Crippen molar-refractivity contribution < 1.29 is 28.9 Å². The first-order valence-corrected chi connectivity index (χ1v) is 10.1. The Morgan fingerprint density at radius 2 is 2.03 bits per heavy atom. The highest BCUT2D eigenvalue weighted by molar-refractivity contribution is 6.01. The zero-order valence-corrected chi connectivity index (χ0v) is 17.7. The fraction of sp³-hybridized carbons (Fsp3) is 0.292. The molecule has 1 fully saturated rings. The van der Waals surface area contributed by atoms with Crippen molar-refractivity contribution in [2.45, 2.75) is 25.6 Å². The maximum atomic E-state index is 12.3. The number of benzene rings is 2. The Kier molecular flexibility index (Phi) is 7.84. The van der Waals surface area contributed by atoms with Gasteiger partial charge < -0.3 is 24.6 Å². The summed E-state index contributed by atoms with van der Waals surface area (Å²) in [6.07, 6.45) is 3.36. The quantitative estimate of drug-likeness (QED) is 0.458. The van der Waals surface area contributed by atoms with E-state index in [4.69, 9.17) is 19.3 Å². The van der Waals surface area contributed by atoms with Gasteiger partial charge in [0.2, 0.25) is 0 Å². The number of carboxylic acid groups (broad SMARTS) is 1. The molecule has 2 N–H and O–H groups in total. The summed E-state index contributed by atoms with van der Waals surface area (Å²) in [6.45, 7) is 1.30. The number of nitrogens with zero attached hydrogens (tertiary/aromatic N) is 1. The number of nitrogens with one attached hydrogen (secondary N) is 1. The lowest BCUT2D eigenvalue weighted by molar-refractivity contribution is -0.117. The van der Waals surface area contributed by atoms with Crippen LogP contribution in [0.15, 0.2) is 48.0 Å². The van der Waals surface area contributed by atoms with Gasteiger partial charge in [-0.15, -0.1) is 0 Å². The molecule has 1 unspecified atom stereocenters. The highest BCUT2D eigenvalue weighted by atomic mass is 16.5. The van der Waals surface area contributed by atoms with E-state index in [1.807, 2.05) is 6.07 Å². The Bertz CT molecular complexity index is 1030. The van der Waals surface area contributed by atoms with Gasteiger partial charge >= 0.3 is 5.97 Å². The molecule has 1 heterocycles. The van der Waals surface area contributed by atoms with Gasteiger partial charge in [0.05, 0.1) is 18.8 Å². The molecule has 8 heteroatoms. The van der Waals surface area contributed by atoms with Crippen molar-refractivity contribution in [1.82, 2.24) is 5.32 Å². The zero-order chi connectivity index (χ0) is 22.9. The third kappa shape index (κ3) is 6.09. The summed E-state index contributed by atoms with van der Waals surface area (Å²) < 4.78 is 16.7. The van der Waals surface area contributed by atoms with E-state index in [0.717, 1.165) is 18.4 Å². The molecule has 2 aromatic rings. The molecule has 0 radical (unpaired) electrons. The van der Waals surface area contributed by atoms with Crippen LogP contribution in [0.2, 0.25) is 0 Å². The molecule has 8 nitrogen and oxygen atoms in total. The molecule has 32 heavy (non-hydrogen) atoms. The van der Waals surface area contributed by atoms with Crippen molar-refractivity contribution in [2.24, 2.45) is 0 Å². The molecular formula is C24H24N2O6. The number of carboxylic acids is 1. The van der Waals surface area contributed by atoms with Crippen molar-refractivity contribution in [3.63, 3.8) is 0 Å². The van der Waals surface area contributed by atoms with Crippen molar-refractivity contribution in [2.75, 3.05) is 20.3 Å². The number of aromatic carboxylic acids is 1. The van der Waals surface area contributed by atoms with Crippen molar-refractivity contribution in [3.05, 3.63) is 64.7 Å². The first kappa shape index (κ1) is 22.8. The van der Waals surface area contributed by atoms with Gasteiger partial charge in [-0.2, -0.15) is 5.26 Å². The molecule has 0 spiro atoms. The van der Waals surface area contributed by atoms with Gasteiger partial charge in [0, 0.05) is 13.2 Å². The van der Waals surface area contributed by atoms with Crippen LogP contribution in [0.5, 0.6) is 11.5 Å². The summed E-state index contributed by atoms with van der Waals surface area (Å²) in [7, 11) is 1.50. The van der Waals surface area contributed by atoms with E-state index in [-0.39, 0.29) is 23.8 Å². The van der Waals surface area contributed by atoms with E-state index >= 15 is 0 Å². The smallest absolute Gasteiger partial charge is 0.335 e. The first-order chi connectivity index (χ1) is 15.5. The van der Waals surface area contributed by atoms with Gasteiger partial charge in [-0.25, -0.2) is 4.79 Å². The number of ether oxygens (including phenoxy) is 3. The number of rotatable bonds is 9. The Hall–Kier alpha value is -3.83. The highest BCUT2D eigenvalue weighted by Gasteiger charge is 2.18. The number of methoxy groups -OCH3 is 1. The molecule has 1 atom stereocenters. The zero-order valence-electron chi connectivity index (χ0n) is 17.7. The van der Waals surface area contributed by atoms with Gasteiger partial charge in [0.1, 0.15) is 18.2 Å². The maximum absolute atomic E-state index is 12.3. The molecule has 3 rings (SSSR count). The van der Waals surface area contributed by atoms with Crippen LogP contribution >= 0.6 is 0 Å². The molecule has 1 amide bonds. The molecule has 1 aliphatic rings. The molecule has 0 aliphatic carbocycles. The number of carbonyl (C=O) groups excluding carboxylic acids is 1. The molecular weight excluding hydrogens is 412 g/mol. The number of amides is 1. The van der Waals surface area contributed by atoms with Gasteiger partial charge in [-0.05, 0) is 54.3 Å². The number of hydrogen-bond acceptors (Lipinski definition) is 6. The highest BCUT2D eigenvalue weighted by Crippen LogP contribution is 2.29. The second-order valence-corrected chi connectivity index (χ2v) is 7.22. The predicted molar refractivity (Wildman–Crippen MR) is 116 cm³/mol. The van der Waals surface area contributed by atoms with E-state index < -0.39 is 11.9 Å². The van der Waals surface area contributed by atoms with Crippen LogP contribution < -0.4 is 14.8 Å². The second kappa shape index (κ2) is 11.0. The molecule has 0 bridgehead atoms. The average Bonchev–Trinajstić information content (AvgIpc) is 3.34. The third-order valence-corrected chi connectivity index (χ3v) is 4.97. The van der Waals surface area contributed by atoms with Crippen molar-refractivity contribution in [3.8, 4) is 17.6 Å². The molecule has 1 saturated heterocycles. The summed E-state index contributed by atoms with van der Waals surface area (Å²) in [5.41, 5.74) is 1.60. The van der Waals surface area contributed by atoms with Crippen LogP contribution in [0.4, 0.5) is 0 Å². The molecule has 166 valence electrons. The van der Waals surface area contributed by atoms with Crippen LogP contribution in [0.1, 0.15) is 34.3 Å². The van der Waals surface area contributed by atoms with E-state index in [2.05, 4.69) is 5.32 Å². The summed E-state index contributed by atoms with van der Waals surface area (Å²) >= 11 is 0. The monoisotopic (exact) mass is 436 g/mol. The SMILES string of the molecule is COc1cc(/C=C(/C#N)C(=O)NCC2CCCO2)ccc1OCc1ccc(C(=O)O)cc1. The second-order valence-electron chi connectivity index (χ2n) is 7.22. The fourth-order valence-electron chi connectivity index (χ4n) is 3.22. The molecule has 2 aromatic carbocycles. The number of nitriles is 1. The Balaban J connectivity index is 1.65. The van der Waals surface area contributed by atoms with Gasteiger partial charge in [-0.3, -0.25) is 4.79 Å². The minimum Gasteiger partial charge on any atom is -0.493 e. The van der Waals surface area contributed by atoms with Crippen LogP contribution in [0.3, 0.4) is 0 Å². The molecule has 1 aliphatic heterocycles. The van der Waals surface area contributed by atoms with Gasteiger partial charge in [-0.1, -0.05) is 18.2 Å². The minimum absolute atomic E-state index is 0.00394. The van der Waals surface area contributed by atoms with E-state index in [1.54, 1.807) is 30.3 Å². The predicted octanol–water partition coefficient (Wildman–Crippen LogP) is 3.17. The number of carbonyl (C=O) groups is 2. The fourth-order valence-corrected chi connectivity index (χ4v) is 3.22. The Morgan fingerprint density at radius 1 is 1.25 bits per heavy atom. The van der Waals surface area contributed by atoms with Crippen LogP contribution in [0.25, 0.3) is 6.08 Å². The largest absolute Gasteiger partial charge is 0.493 e. The van der Waals surface area contributed by atoms with Crippen LogP contribution in [-0.2, 0) is 16.1 Å². The average molecular weight is 436 g/mol. The standard InChI is InChI=1S/C24H24N2O6/c1-30-22-12-17(11-19(13-25)23(27)26-14-20-3-2-10-31-20)6-9-21(22)32-15-16-4-7-18(8-5-16)24(28)29/h4-9,11-12,20H,2-3,10,14-15H2,1H3,(H,26,27)(H,28,29)/b19-11-. The van der Waals surface area contributed by atoms with Crippen LogP contribution in [-0.4, -0.2) is 43.3 Å². The van der Waals surface area contributed by atoms with E-state index in [9.17, 15) is 14.9 Å². The lowest BCUT2D eigenvalue weighted by Gasteiger charge is -2.12. The first-order valence-electron chi connectivity index (χ1n) is 10.1. The maximum Gasteiger partial charge on any atom is 0.335 e. The Morgan fingerprint density at radius 3 is 2.66 bits per heavy atom. The van der Waals surface area contributed by atoms with Gasteiger partial charge in [0.25, 0.3) is 5.91 Å². The van der Waals surface area contributed by atoms with E-state index in [1.165, 1.54) is 25.3 Å². The lowest BCUT2D eigenvalue weighted by Crippen LogP contribution is -2.32. The Labute approximate surface area is 186 Å². The van der Waals surface area contributed by atoms with Crippen molar-refractivity contribution in [1.29, 1.82) is 5.26 Å². The minimum atomic E-state index is -0.986. The third-order valence-electron chi connectivity index (χ3n) is 4.97. The summed E-state index contributed by atoms with van der Waals surface area (Å²) in [6, 6.07) is 13.4. The topological polar surface area (TPSA) is 118 Å². The summed E-state index contributed by atoms with van der Waals surface area (Å²) in [5, 5.41) is 21.1. The summed E-state index contributed by atoms with van der Waals surface area (Å²) in [4.78, 5) is 23.3. The summed E-state index contributed by atoms with van der Waals surface area (Å²) in [5.74, 6) is -0.515.